The monoisotopic (exact) mass is 377 g/mol. The van der Waals surface area contributed by atoms with E-state index < -0.39 is 24.6 Å². The lowest BCUT2D eigenvalue weighted by Crippen LogP contribution is -2.29. The molecule has 0 aromatic heterocycles. The maximum Gasteiger partial charge on any atom is 0.347 e. The Morgan fingerprint density at radius 2 is 1.88 bits per heavy atom. The quantitative estimate of drug-likeness (QED) is 0.779. The molecule has 2 aromatic carbocycles. The van der Waals surface area contributed by atoms with Crippen molar-refractivity contribution in [1.29, 1.82) is 0 Å². The number of carbonyl (C=O) groups excluding carboxylic acids is 2. The van der Waals surface area contributed by atoms with Crippen molar-refractivity contribution in [3.05, 3.63) is 47.5 Å². The number of carbonyl (C=O) groups is 2. The van der Waals surface area contributed by atoms with Crippen LogP contribution < -0.4 is 19.5 Å². The van der Waals surface area contributed by atoms with E-state index in [0.717, 1.165) is 0 Å². The van der Waals surface area contributed by atoms with Gasteiger partial charge in [0.15, 0.2) is 24.2 Å². The highest BCUT2D eigenvalue weighted by Gasteiger charge is 2.19. The molecular formula is C18H16ClNO6. The first kappa shape index (κ1) is 17.9. The zero-order valence-corrected chi connectivity index (χ0v) is 14.6. The molecule has 0 spiro atoms. The lowest BCUT2D eigenvalue weighted by Gasteiger charge is -2.14. The summed E-state index contributed by atoms with van der Waals surface area (Å²) in [6, 6.07) is 11.6. The lowest BCUT2D eigenvalue weighted by molar-refractivity contribution is -0.153. The fraction of sp³-hybridized carbons (Fsp3) is 0.222. The lowest BCUT2D eigenvalue weighted by atomic mass is 10.3. The predicted molar refractivity (Wildman–Crippen MR) is 93.7 cm³/mol. The van der Waals surface area contributed by atoms with Gasteiger partial charge < -0.3 is 24.3 Å². The largest absolute Gasteiger partial charge is 0.479 e. The molecule has 1 aliphatic rings. The standard InChI is InChI=1S/C18H16ClNO6/c1-11(26-14-5-2-12(19)3-6-14)18(22)23-9-17(21)20-13-4-7-15-16(8-13)25-10-24-15/h2-8,11H,9-10H2,1H3,(H,20,21)/t11-/m1/s1. The highest BCUT2D eigenvalue weighted by molar-refractivity contribution is 6.30. The molecule has 0 aliphatic carbocycles. The Balaban J connectivity index is 1.46. The number of esters is 1. The second-order valence-electron chi connectivity index (χ2n) is 5.44. The molecule has 136 valence electrons. The fourth-order valence-corrected chi connectivity index (χ4v) is 2.32. The van der Waals surface area contributed by atoms with Gasteiger partial charge in [0.25, 0.3) is 5.91 Å². The van der Waals surface area contributed by atoms with Crippen LogP contribution in [0.25, 0.3) is 0 Å². The average molecular weight is 378 g/mol. The van der Waals surface area contributed by atoms with Crippen molar-refractivity contribution in [2.45, 2.75) is 13.0 Å². The number of hydrogen-bond acceptors (Lipinski definition) is 6. The van der Waals surface area contributed by atoms with Crippen molar-refractivity contribution >= 4 is 29.2 Å². The molecule has 1 amide bonds. The van der Waals surface area contributed by atoms with E-state index in [1.54, 1.807) is 42.5 Å². The number of rotatable bonds is 6. The molecular weight excluding hydrogens is 362 g/mol. The summed E-state index contributed by atoms with van der Waals surface area (Å²) < 4.78 is 20.8. The third-order valence-electron chi connectivity index (χ3n) is 3.46. The average Bonchev–Trinajstić information content (AvgIpc) is 3.09. The summed E-state index contributed by atoms with van der Waals surface area (Å²) >= 11 is 5.79. The second kappa shape index (κ2) is 7.97. The third kappa shape index (κ3) is 4.58. The summed E-state index contributed by atoms with van der Waals surface area (Å²) in [4.78, 5) is 23.9. The molecule has 0 radical (unpaired) electrons. The number of nitrogens with one attached hydrogen (secondary N) is 1. The van der Waals surface area contributed by atoms with Crippen LogP contribution in [0.5, 0.6) is 17.2 Å². The number of halogens is 1. The van der Waals surface area contributed by atoms with E-state index in [1.165, 1.54) is 6.92 Å². The van der Waals surface area contributed by atoms with Crippen molar-refractivity contribution < 1.29 is 28.5 Å². The first-order chi connectivity index (χ1) is 12.5. The van der Waals surface area contributed by atoms with Gasteiger partial charge in [-0.1, -0.05) is 11.6 Å². The Hall–Kier alpha value is -2.93. The first-order valence-electron chi connectivity index (χ1n) is 7.79. The Morgan fingerprint density at radius 3 is 2.65 bits per heavy atom. The zero-order chi connectivity index (χ0) is 18.5. The van der Waals surface area contributed by atoms with Crippen molar-refractivity contribution in [1.82, 2.24) is 0 Å². The third-order valence-corrected chi connectivity index (χ3v) is 3.71. The van der Waals surface area contributed by atoms with E-state index >= 15 is 0 Å². The highest BCUT2D eigenvalue weighted by atomic mass is 35.5. The van der Waals surface area contributed by atoms with Crippen molar-refractivity contribution in [2.24, 2.45) is 0 Å². The van der Waals surface area contributed by atoms with Gasteiger partial charge in [-0.25, -0.2) is 4.79 Å². The van der Waals surface area contributed by atoms with Crippen molar-refractivity contribution in [2.75, 3.05) is 18.7 Å². The molecule has 0 saturated heterocycles. The van der Waals surface area contributed by atoms with Crippen LogP contribution >= 0.6 is 11.6 Å². The van der Waals surface area contributed by atoms with Crippen LogP contribution in [0.4, 0.5) is 5.69 Å². The number of ether oxygens (including phenoxy) is 4. The smallest absolute Gasteiger partial charge is 0.347 e. The van der Waals surface area contributed by atoms with Gasteiger partial charge in [-0.05, 0) is 43.3 Å². The molecule has 3 rings (SSSR count). The molecule has 0 bridgehead atoms. The van der Waals surface area contributed by atoms with Gasteiger partial charge in [-0.2, -0.15) is 0 Å². The Bertz CT molecular complexity index is 808. The summed E-state index contributed by atoms with van der Waals surface area (Å²) in [6.45, 7) is 1.25. The molecule has 0 fully saturated rings. The van der Waals surface area contributed by atoms with Crippen molar-refractivity contribution in [3.63, 3.8) is 0 Å². The van der Waals surface area contributed by atoms with Crippen molar-refractivity contribution in [3.8, 4) is 17.2 Å². The number of amides is 1. The van der Waals surface area contributed by atoms with E-state index in [0.29, 0.717) is 28.0 Å². The van der Waals surface area contributed by atoms with Gasteiger partial charge in [-0.3, -0.25) is 4.79 Å². The summed E-state index contributed by atoms with van der Waals surface area (Å²) in [7, 11) is 0. The Kier molecular flexibility index (Phi) is 5.48. The van der Waals surface area contributed by atoms with E-state index in [1.807, 2.05) is 0 Å². The molecule has 1 heterocycles. The number of hydrogen-bond donors (Lipinski definition) is 1. The summed E-state index contributed by atoms with van der Waals surface area (Å²) in [5.74, 6) is 0.507. The van der Waals surface area contributed by atoms with E-state index in [-0.39, 0.29) is 6.79 Å². The van der Waals surface area contributed by atoms with E-state index in [2.05, 4.69) is 5.32 Å². The maximum atomic E-state index is 11.9. The minimum atomic E-state index is -0.866. The molecule has 1 atom stereocenters. The number of benzene rings is 2. The normalized spacial score (nSPS) is 13.0. The highest BCUT2D eigenvalue weighted by Crippen LogP contribution is 2.34. The van der Waals surface area contributed by atoms with Gasteiger partial charge in [0.1, 0.15) is 5.75 Å². The molecule has 1 N–H and O–H groups in total. The summed E-state index contributed by atoms with van der Waals surface area (Å²) in [5, 5.41) is 3.18. The Labute approximate surface area is 154 Å². The molecule has 2 aromatic rings. The minimum absolute atomic E-state index is 0.149. The Morgan fingerprint density at radius 1 is 1.15 bits per heavy atom. The summed E-state index contributed by atoms with van der Waals surface area (Å²) in [5.41, 5.74) is 0.515. The SMILES string of the molecule is C[C@@H](Oc1ccc(Cl)cc1)C(=O)OCC(=O)Nc1ccc2c(c1)OCO2. The van der Waals surface area contributed by atoms with Crippen LogP contribution in [0.1, 0.15) is 6.92 Å². The van der Waals surface area contributed by atoms with Crippen LogP contribution in [-0.4, -0.2) is 31.4 Å². The van der Waals surface area contributed by atoms with Gasteiger partial charge in [0.2, 0.25) is 6.79 Å². The van der Waals surface area contributed by atoms with E-state index in [9.17, 15) is 9.59 Å². The maximum absolute atomic E-state index is 11.9. The molecule has 0 unspecified atom stereocenters. The number of fused-ring (bicyclic) bond motifs is 1. The predicted octanol–water partition coefficient (Wildman–Crippen LogP) is 3.02. The summed E-state index contributed by atoms with van der Waals surface area (Å²) in [6.07, 6.45) is -0.866. The minimum Gasteiger partial charge on any atom is -0.479 e. The van der Waals surface area contributed by atoms with Crippen LogP contribution in [0, 0.1) is 0 Å². The van der Waals surface area contributed by atoms with Gasteiger partial charge in [0.05, 0.1) is 0 Å². The molecule has 0 saturated carbocycles. The van der Waals surface area contributed by atoms with Crippen LogP contribution in [0.2, 0.25) is 5.02 Å². The van der Waals surface area contributed by atoms with E-state index in [4.69, 9.17) is 30.5 Å². The first-order valence-corrected chi connectivity index (χ1v) is 8.17. The molecule has 26 heavy (non-hydrogen) atoms. The van der Waals surface area contributed by atoms with Crippen LogP contribution in [-0.2, 0) is 14.3 Å². The van der Waals surface area contributed by atoms with Crippen LogP contribution in [0.15, 0.2) is 42.5 Å². The molecule has 1 aliphatic heterocycles. The van der Waals surface area contributed by atoms with Crippen LogP contribution in [0.3, 0.4) is 0 Å². The molecule has 8 heteroatoms. The van der Waals surface area contributed by atoms with Gasteiger partial charge >= 0.3 is 5.97 Å². The number of anilines is 1. The second-order valence-corrected chi connectivity index (χ2v) is 5.87. The topological polar surface area (TPSA) is 83.1 Å². The zero-order valence-electron chi connectivity index (χ0n) is 13.9. The fourth-order valence-electron chi connectivity index (χ4n) is 2.19. The molecule has 7 nitrogen and oxygen atoms in total. The van der Waals surface area contributed by atoms with Gasteiger partial charge in [-0.15, -0.1) is 0 Å². The van der Waals surface area contributed by atoms with Gasteiger partial charge in [0, 0.05) is 16.8 Å².